The van der Waals surface area contributed by atoms with Crippen LogP contribution < -0.4 is 0 Å². The molecule has 0 bridgehead atoms. The molecule has 0 aromatic rings. The third-order valence-corrected chi connectivity index (χ3v) is 3.70. The molecule has 1 heterocycles. The SMILES string of the molecule is O=P(O)(O)OP(=O)(O)OC1OC[C@@H](O)[C@@H]1O. The van der Waals surface area contributed by atoms with Gasteiger partial charge in [-0.05, 0) is 0 Å². The molecule has 1 fully saturated rings. The van der Waals surface area contributed by atoms with Crippen LogP contribution in [0, 0.1) is 0 Å². The molecule has 1 rings (SSSR count). The zero-order valence-corrected chi connectivity index (χ0v) is 9.40. The van der Waals surface area contributed by atoms with Crippen molar-refractivity contribution in [3.8, 4) is 0 Å². The fourth-order valence-corrected chi connectivity index (χ4v) is 2.63. The van der Waals surface area contributed by atoms with E-state index < -0.39 is 34.1 Å². The van der Waals surface area contributed by atoms with E-state index in [4.69, 9.17) is 24.9 Å². The molecule has 0 saturated carbocycles. The van der Waals surface area contributed by atoms with Gasteiger partial charge < -0.3 is 29.6 Å². The number of phosphoric ester groups is 1. The van der Waals surface area contributed by atoms with Crippen molar-refractivity contribution in [3.63, 3.8) is 0 Å². The normalized spacial score (nSPS) is 34.9. The van der Waals surface area contributed by atoms with Crippen molar-refractivity contribution >= 4 is 15.6 Å². The summed E-state index contributed by atoms with van der Waals surface area (Å²) >= 11 is 0. The van der Waals surface area contributed by atoms with Gasteiger partial charge >= 0.3 is 15.6 Å². The maximum Gasteiger partial charge on any atom is 0.483 e. The van der Waals surface area contributed by atoms with E-state index in [9.17, 15) is 9.13 Å². The van der Waals surface area contributed by atoms with Crippen LogP contribution in [0.2, 0.25) is 0 Å². The minimum Gasteiger partial charge on any atom is -0.388 e. The third kappa shape index (κ3) is 4.19. The van der Waals surface area contributed by atoms with Gasteiger partial charge in [0, 0.05) is 0 Å². The zero-order valence-electron chi connectivity index (χ0n) is 7.61. The Morgan fingerprint density at radius 2 is 1.75 bits per heavy atom. The Morgan fingerprint density at radius 1 is 1.19 bits per heavy atom. The topological polar surface area (TPSA) is 163 Å². The molecular weight excluding hydrogens is 270 g/mol. The summed E-state index contributed by atoms with van der Waals surface area (Å²) in [6.07, 6.45) is -4.63. The summed E-state index contributed by atoms with van der Waals surface area (Å²) in [5.74, 6) is 0. The molecule has 96 valence electrons. The molecule has 0 spiro atoms. The van der Waals surface area contributed by atoms with Crippen LogP contribution in [0.3, 0.4) is 0 Å². The van der Waals surface area contributed by atoms with Crippen LogP contribution in [0.4, 0.5) is 0 Å². The highest BCUT2D eigenvalue weighted by atomic mass is 31.3. The summed E-state index contributed by atoms with van der Waals surface area (Å²) < 4.78 is 33.4. The Labute approximate surface area is 89.2 Å². The highest BCUT2D eigenvalue weighted by Gasteiger charge is 2.43. The Kier molecular flexibility index (Phi) is 4.25. The lowest BCUT2D eigenvalue weighted by Crippen LogP contribution is -2.31. The van der Waals surface area contributed by atoms with E-state index in [1.807, 2.05) is 0 Å². The van der Waals surface area contributed by atoms with Gasteiger partial charge in [0.25, 0.3) is 0 Å². The second-order valence-electron chi connectivity index (χ2n) is 2.91. The van der Waals surface area contributed by atoms with Crippen LogP contribution in [0.15, 0.2) is 0 Å². The summed E-state index contributed by atoms with van der Waals surface area (Å²) in [5.41, 5.74) is 0. The Hall–Kier alpha value is 0.140. The molecule has 10 nitrogen and oxygen atoms in total. The van der Waals surface area contributed by atoms with E-state index in [1.165, 1.54) is 0 Å². The maximum absolute atomic E-state index is 11.0. The molecule has 1 aliphatic rings. The lowest BCUT2D eigenvalue weighted by atomic mass is 10.2. The molecule has 0 amide bonds. The van der Waals surface area contributed by atoms with Gasteiger partial charge in [-0.3, -0.25) is 4.52 Å². The molecule has 0 radical (unpaired) electrons. The molecule has 1 aliphatic heterocycles. The predicted molar refractivity (Wildman–Crippen MR) is 45.8 cm³/mol. The Balaban J connectivity index is 2.60. The number of aliphatic hydroxyl groups is 2. The molecule has 16 heavy (non-hydrogen) atoms. The van der Waals surface area contributed by atoms with Crippen molar-refractivity contribution in [2.24, 2.45) is 0 Å². The van der Waals surface area contributed by atoms with Gasteiger partial charge in [-0.25, -0.2) is 9.13 Å². The number of hydrogen-bond donors (Lipinski definition) is 5. The fourth-order valence-electron chi connectivity index (χ4n) is 0.950. The summed E-state index contributed by atoms with van der Waals surface area (Å²) in [4.78, 5) is 25.4. The molecule has 12 heteroatoms. The molecule has 0 aliphatic carbocycles. The monoisotopic (exact) mass is 280 g/mol. The predicted octanol–water partition coefficient (Wildman–Crippen LogP) is -1.71. The van der Waals surface area contributed by atoms with Crippen LogP contribution >= 0.6 is 15.6 Å². The maximum atomic E-state index is 11.0. The van der Waals surface area contributed by atoms with Gasteiger partial charge in [0.1, 0.15) is 12.2 Å². The van der Waals surface area contributed by atoms with Crippen LogP contribution in [0.1, 0.15) is 0 Å². The molecule has 1 saturated heterocycles. The van der Waals surface area contributed by atoms with Gasteiger partial charge in [0.15, 0.2) is 6.29 Å². The van der Waals surface area contributed by atoms with Gasteiger partial charge in [-0.1, -0.05) is 0 Å². The van der Waals surface area contributed by atoms with Crippen molar-refractivity contribution in [2.75, 3.05) is 6.61 Å². The van der Waals surface area contributed by atoms with E-state index in [2.05, 4.69) is 13.6 Å². The first-order chi connectivity index (χ1) is 7.11. The summed E-state index contributed by atoms with van der Waals surface area (Å²) in [6, 6.07) is 0. The highest BCUT2D eigenvalue weighted by molar-refractivity contribution is 7.60. The summed E-state index contributed by atoms with van der Waals surface area (Å²) in [5, 5.41) is 18.1. The average Bonchev–Trinajstić information content (AvgIpc) is 2.30. The van der Waals surface area contributed by atoms with Gasteiger partial charge in [0.05, 0.1) is 6.61 Å². The third-order valence-electron chi connectivity index (χ3n) is 1.55. The number of hydrogen-bond acceptors (Lipinski definition) is 7. The molecular formula is C4H10O10P2. The van der Waals surface area contributed by atoms with Crippen LogP contribution in [-0.2, 0) is 22.7 Å². The summed E-state index contributed by atoms with van der Waals surface area (Å²) in [6.45, 7) is -0.345. The van der Waals surface area contributed by atoms with E-state index in [-0.39, 0.29) is 6.61 Å². The number of ether oxygens (including phenoxy) is 1. The Morgan fingerprint density at radius 3 is 2.12 bits per heavy atom. The van der Waals surface area contributed by atoms with Crippen molar-refractivity contribution in [1.82, 2.24) is 0 Å². The number of aliphatic hydroxyl groups excluding tert-OH is 2. The average molecular weight is 280 g/mol. The lowest BCUT2D eigenvalue weighted by molar-refractivity contribution is -0.104. The van der Waals surface area contributed by atoms with E-state index in [1.54, 1.807) is 0 Å². The van der Waals surface area contributed by atoms with Crippen molar-refractivity contribution in [1.29, 1.82) is 0 Å². The van der Waals surface area contributed by atoms with E-state index in [0.29, 0.717) is 0 Å². The van der Waals surface area contributed by atoms with Crippen LogP contribution in [0.5, 0.6) is 0 Å². The quantitative estimate of drug-likeness (QED) is 0.374. The molecule has 4 atom stereocenters. The van der Waals surface area contributed by atoms with Crippen molar-refractivity contribution < 1.29 is 47.6 Å². The molecule has 0 aromatic carbocycles. The van der Waals surface area contributed by atoms with E-state index >= 15 is 0 Å². The minimum absolute atomic E-state index is 0.345. The van der Waals surface area contributed by atoms with Crippen LogP contribution in [0.25, 0.3) is 0 Å². The van der Waals surface area contributed by atoms with Gasteiger partial charge in [0.2, 0.25) is 0 Å². The molecule has 5 N–H and O–H groups in total. The fraction of sp³-hybridized carbons (Fsp3) is 1.00. The first-order valence-electron chi connectivity index (χ1n) is 3.86. The second-order valence-corrected chi connectivity index (χ2v) is 5.69. The largest absolute Gasteiger partial charge is 0.483 e. The van der Waals surface area contributed by atoms with Crippen LogP contribution in [-0.4, -0.2) is 50.0 Å². The first kappa shape index (κ1) is 14.2. The summed E-state index contributed by atoms with van der Waals surface area (Å²) in [7, 11) is -10.3. The Bertz CT molecular complexity index is 336. The lowest BCUT2D eigenvalue weighted by Gasteiger charge is -2.18. The number of phosphoric acid groups is 2. The minimum atomic E-state index is -5.22. The van der Waals surface area contributed by atoms with Gasteiger partial charge in [-0.2, -0.15) is 4.31 Å². The molecule has 2 unspecified atom stereocenters. The first-order valence-corrected chi connectivity index (χ1v) is 6.89. The van der Waals surface area contributed by atoms with Gasteiger partial charge in [-0.15, -0.1) is 0 Å². The highest BCUT2D eigenvalue weighted by Crippen LogP contribution is 2.58. The number of rotatable bonds is 4. The smallest absolute Gasteiger partial charge is 0.388 e. The standard InChI is InChI=1S/C4H10O10P2/c5-2-1-12-4(3(2)6)13-16(10,11)14-15(7,8)9/h2-6H,1H2,(H,10,11)(H2,7,8,9)/t2-,3+,4?/m1/s1. The molecule has 0 aromatic heterocycles. The van der Waals surface area contributed by atoms with Crippen molar-refractivity contribution in [3.05, 3.63) is 0 Å². The van der Waals surface area contributed by atoms with Crippen molar-refractivity contribution in [2.45, 2.75) is 18.5 Å². The zero-order chi connectivity index (χ0) is 12.6. The second kappa shape index (κ2) is 4.79. The van der Waals surface area contributed by atoms with E-state index in [0.717, 1.165) is 0 Å².